The van der Waals surface area contributed by atoms with Gasteiger partial charge in [0.1, 0.15) is 0 Å². The molecule has 1 rings (SSSR count). The van der Waals surface area contributed by atoms with Gasteiger partial charge in [0.2, 0.25) is 5.91 Å². The Bertz CT molecular complexity index is 480. The normalized spacial score (nSPS) is 13.5. The third-order valence-corrected chi connectivity index (χ3v) is 7.32. The summed E-state index contributed by atoms with van der Waals surface area (Å²) in [5.74, 6) is 0.233. The lowest BCUT2D eigenvalue weighted by Crippen LogP contribution is -2.27. The molecular formula is C21H36NOP. The van der Waals surface area contributed by atoms with E-state index in [2.05, 4.69) is 51.8 Å². The van der Waals surface area contributed by atoms with E-state index in [1.165, 1.54) is 38.3 Å². The fraction of sp³-hybridized carbons (Fsp3) is 0.667. The average molecular weight is 349 g/mol. The van der Waals surface area contributed by atoms with E-state index >= 15 is 0 Å². The maximum absolute atomic E-state index is 12.9. The van der Waals surface area contributed by atoms with Crippen LogP contribution in [0, 0.1) is 13.8 Å². The molecule has 0 aliphatic carbocycles. The molecule has 0 fully saturated rings. The minimum Gasteiger partial charge on any atom is -0.325 e. The number of unbranched alkanes of at least 4 members (excludes halogenated alkanes) is 4. The molecule has 0 heterocycles. The number of hydrogen-bond acceptors (Lipinski definition) is 1. The van der Waals surface area contributed by atoms with E-state index in [4.69, 9.17) is 0 Å². The van der Waals surface area contributed by atoms with Crippen LogP contribution < -0.4 is 5.32 Å². The van der Waals surface area contributed by atoms with Crippen LogP contribution in [0.1, 0.15) is 69.9 Å². The summed E-state index contributed by atoms with van der Waals surface area (Å²) < 4.78 is 0. The smallest absolute Gasteiger partial charge is 0.231 e. The van der Waals surface area contributed by atoms with E-state index in [0.29, 0.717) is 0 Å². The highest BCUT2D eigenvalue weighted by atomic mass is 31.1. The first-order valence-electron chi connectivity index (χ1n) is 9.58. The number of aryl methyl sites for hydroxylation is 2. The molecular weight excluding hydrogens is 313 g/mol. The summed E-state index contributed by atoms with van der Waals surface area (Å²) in [6.07, 6.45) is 9.87. The van der Waals surface area contributed by atoms with Gasteiger partial charge in [-0.15, -0.1) is 0 Å². The molecule has 1 amide bonds. The van der Waals surface area contributed by atoms with Crippen molar-refractivity contribution in [1.29, 1.82) is 0 Å². The quantitative estimate of drug-likeness (QED) is 0.359. The fourth-order valence-corrected chi connectivity index (χ4v) is 5.36. The standard InChI is InChI=1S/C21H36NOP/c1-6-8-9-10-11-16-24(5)19(13-7-2)21(23)22-20-17(3)14-12-15-18(20)4/h12,14-15,19H,6-11,13,16H2,1-5H3,(H,22,23). The summed E-state index contributed by atoms with van der Waals surface area (Å²) in [7, 11) is -0.238. The molecule has 2 nitrogen and oxygen atoms in total. The lowest BCUT2D eigenvalue weighted by Gasteiger charge is -2.24. The molecule has 0 spiro atoms. The summed E-state index contributed by atoms with van der Waals surface area (Å²) >= 11 is 0. The molecule has 0 aliphatic rings. The highest BCUT2D eigenvalue weighted by molar-refractivity contribution is 7.58. The van der Waals surface area contributed by atoms with E-state index in [9.17, 15) is 4.79 Å². The van der Waals surface area contributed by atoms with Crippen LogP contribution in [0.25, 0.3) is 0 Å². The zero-order chi connectivity index (χ0) is 17.9. The van der Waals surface area contributed by atoms with Crippen molar-refractivity contribution in [3.63, 3.8) is 0 Å². The number of rotatable bonds is 11. The maximum atomic E-state index is 12.9. The third kappa shape index (κ3) is 6.93. The molecule has 0 bridgehead atoms. The van der Waals surface area contributed by atoms with Crippen LogP contribution in [0.4, 0.5) is 5.69 Å². The van der Waals surface area contributed by atoms with Crippen LogP contribution in [0.15, 0.2) is 18.2 Å². The molecule has 0 saturated carbocycles. The predicted molar refractivity (Wildman–Crippen MR) is 110 cm³/mol. The van der Waals surface area contributed by atoms with Crippen molar-refractivity contribution in [1.82, 2.24) is 0 Å². The van der Waals surface area contributed by atoms with Crippen LogP contribution in [-0.4, -0.2) is 24.4 Å². The molecule has 1 aromatic carbocycles. The van der Waals surface area contributed by atoms with Gasteiger partial charge in [0.25, 0.3) is 0 Å². The second kappa shape index (κ2) is 11.6. The fourth-order valence-electron chi connectivity index (χ4n) is 3.16. The molecule has 136 valence electrons. The van der Waals surface area contributed by atoms with Crippen molar-refractivity contribution < 1.29 is 4.79 Å². The van der Waals surface area contributed by atoms with Crippen molar-refractivity contribution >= 4 is 19.5 Å². The summed E-state index contributed by atoms with van der Waals surface area (Å²) in [6, 6.07) is 6.19. The highest BCUT2D eigenvalue weighted by Crippen LogP contribution is 2.41. The number of carbonyl (C=O) groups is 1. The van der Waals surface area contributed by atoms with Crippen LogP contribution in [-0.2, 0) is 4.79 Å². The maximum Gasteiger partial charge on any atom is 0.231 e. The molecule has 0 saturated heterocycles. The van der Waals surface area contributed by atoms with Gasteiger partial charge in [-0.1, -0.05) is 72.1 Å². The van der Waals surface area contributed by atoms with Gasteiger partial charge >= 0.3 is 0 Å². The molecule has 3 heteroatoms. The van der Waals surface area contributed by atoms with E-state index < -0.39 is 0 Å². The van der Waals surface area contributed by atoms with E-state index in [0.717, 1.165) is 29.7 Å². The second-order valence-electron chi connectivity index (χ2n) is 6.96. The van der Waals surface area contributed by atoms with E-state index in [1.807, 2.05) is 6.07 Å². The lowest BCUT2D eigenvalue weighted by atomic mass is 10.1. The van der Waals surface area contributed by atoms with Gasteiger partial charge in [-0.2, -0.15) is 0 Å². The number of amides is 1. The van der Waals surface area contributed by atoms with Crippen LogP contribution in [0.2, 0.25) is 0 Å². The number of para-hydroxylation sites is 1. The third-order valence-electron chi connectivity index (χ3n) is 4.74. The topological polar surface area (TPSA) is 29.1 Å². The Hall–Kier alpha value is -0.880. The van der Waals surface area contributed by atoms with Crippen molar-refractivity contribution in [2.45, 2.75) is 78.3 Å². The number of hydrogen-bond donors (Lipinski definition) is 1. The number of nitrogens with one attached hydrogen (secondary N) is 1. The van der Waals surface area contributed by atoms with Gasteiger partial charge in [0, 0.05) is 5.69 Å². The van der Waals surface area contributed by atoms with E-state index in [-0.39, 0.29) is 19.5 Å². The monoisotopic (exact) mass is 349 g/mol. The van der Waals surface area contributed by atoms with Gasteiger partial charge < -0.3 is 5.32 Å². The summed E-state index contributed by atoms with van der Waals surface area (Å²) in [6.45, 7) is 10.9. The van der Waals surface area contributed by atoms with Crippen LogP contribution >= 0.6 is 7.92 Å². The van der Waals surface area contributed by atoms with Gasteiger partial charge in [-0.25, -0.2) is 0 Å². The number of carbonyl (C=O) groups excluding carboxylic acids is 1. The van der Waals surface area contributed by atoms with Crippen molar-refractivity contribution in [2.75, 3.05) is 18.1 Å². The molecule has 1 N–H and O–H groups in total. The second-order valence-corrected chi connectivity index (χ2v) is 9.54. The summed E-state index contributed by atoms with van der Waals surface area (Å²) in [5.41, 5.74) is 3.50. The average Bonchev–Trinajstić information content (AvgIpc) is 2.55. The number of anilines is 1. The Balaban J connectivity index is 2.63. The zero-order valence-corrected chi connectivity index (χ0v) is 17.2. The Kier molecular flexibility index (Phi) is 10.3. The molecule has 0 aromatic heterocycles. The minimum atomic E-state index is -0.238. The molecule has 2 atom stereocenters. The summed E-state index contributed by atoms with van der Waals surface area (Å²) in [4.78, 5) is 12.9. The molecule has 0 aliphatic heterocycles. The molecule has 0 radical (unpaired) electrons. The summed E-state index contributed by atoms with van der Waals surface area (Å²) in [5, 5.41) is 3.23. The SMILES string of the molecule is CCCCCCCP(C)C(CCC)C(=O)Nc1c(C)cccc1C. The van der Waals surface area contributed by atoms with Gasteiger partial charge in [0.15, 0.2) is 0 Å². The van der Waals surface area contributed by atoms with Crippen LogP contribution in [0.3, 0.4) is 0 Å². The Morgan fingerprint density at radius 3 is 2.25 bits per heavy atom. The molecule has 1 aromatic rings. The van der Waals surface area contributed by atoms with Gasteiger partial charge in [0.05, 0.1) is 5.66 Å². The van der Waals surface area contributed by atoms with Crippen molar-refractivity contribution in [3.8, 4) is 0 Å². The largest absolute Gasteiger partial charge is 0.325 e. The zero-order valence-electron chi connectivity index (χ0n) is 16.3. The first-order valence-corrected chi connectivity index (χ1v) is 11.6. The highest BCUT2D eigenvalue weighted by Gasteiger charge is 2.24. The predicted octanol–water partition coefficient (Wildman–Crippen LogP) is 6.49. The molecule has 24 heavy (non-hydrogen) atoms. The van der Waals surface area contributed by atoms with Gasteiger partial charge in [-0.05, 0) is 50.6 Å². The molecule has 2 unspecified atom stereocenters. The van der Waals surface area contributed by atoms with Crippen molar-refractivity contribution in [3.05, 3.63) is 29.3 Å². The minimum absolute atomic E-state index is 0.190. The van der Waals surface area contributed by atoms with E-state index in [1.54, 1.807) is 0 Å². The lowest BCUT2D eigenvalue weighted by molar-refractivity contribution is -0.115. The first kappa shape index (κ1) is 21.2. The Morgan fingerprint density at radius 1 is 1.04 bits per heavy atom. The van der Waals surface area contributed by atoms with Crippen molar-refractivity contribution in [2.24, 2.45) is 0 Å². The number of benzene rings is 1. The Labute approximate surface area is 150 Å². The Morgan fingerprint density at radius 2 is 1.67 bits per heavy atom. The van der Waals surface area contributed by atoms with Gasteiger partial charge in [-0.3, -0.25) is 4.79 Å². The first-order chi connectivity index (χ1) is 11.5. The van der Waals surface area contributed by atoms with Crippen LogP contribution in [0.5, 0.6) is 0 Å².